The number of pyridine rings is 1. The van der Waals surface area contributed by atoms with Crippen LogP contribution in [0, 0.1) is 12.3 Å². The van der Waals surface area contributed by atoms with Crippen LogP contribution >= 0.6 is 27.3 Å². The van der Waals surface area contributed by atoms with E-state index in [0.29, 0.717) is 23.5 Å². The first-order valence-corrected chi connectivity index (χ1v) is 27.3. The van der Waals surface area contributed by atoms with Gasteiger partial charge in [0.05, 0.1) is 56.4 Å². The topological polar surface area (TPSA) is 167 Å². The number of hydrogen-bond acceptors (Lipinski definition) is 10. The van der Waals surface area contributed by atoms with Crippen LogP contribution in [0.1, 0.15) is 139 Å². The molecular weight excluding hydrogens is 986 g/mol. The van der Waals surface area contributed by atoms with Gasteiger partial charge in [-0.2, -0.15) is 4.98 Å². The first kappa shape index (κ1) is 49.5. The lowest BCUT2D eigenvalue weighted by Crippen LogP contribution is -2.59. The summed E-state index contributed by atoms with van der Waals surface area (Å²) in [7, 11) is 0. The Labute approximate surface area is 426 Å². The molecule has 6 aromatic rings. The highest BCUT2D eigenvalue weighted by Gasteiger charge is 2.53. The Hall–Kier alpha value is -5.10. The van der Waals surface area contributed by atoms with Crippen molar-refractivity contribution in [2.45, 2.75) is 153 Å². The summed E-state index contributed by atoms with van der Waals surface area (Å²) in [5.41, 5.74) is 5.84. The lowest BCUT2D eigenvalue weighted by Gasteiger charge is -2.36. The molecule has 2 saturated carbocycles. The lowest BCUT2D eigenvalue weighted by atomic mass is 9.85. The van der Waals surface area contributed by atoms with Gasteiger partial charge in [0.2, 0.25) is 17.6 Å². The maximum absolute atomic E-state index is 14.8. The minimum atomic E-state index is -1.96. The number of halogens is 2. The molecule has 6 heterocycles. The number of benzene rings is 2. The van der Waals surface area contributed by atoms with E-state index in [0.717, 1.165) is 126 Å². The number of β-amino-alcohol motifs (C(OH)–C–C–N with tert-alkyl or cyclic N) is 1. The normalized spacial score (nSPS) is 20.8. The third-order valence-corrected chi connectivity index (χ3v) is 17.2. The molecule has 2 saturated heterocycles. The van der Waals surface area contributed by atoms with E-state index in [1.807, 2.05) is 49.0 Å². The molecule has 4 atom stereocenters. The number of aliphatic hydroxyl groups excluding tert-OH is 1. The number of hydrogen-bond donors (Lipinski definition) is 3. The lowest BCUT2D eigenvalue weighted by molar-refractivity contribution is -0.145. The highest BCUT2D eigenvalue weighted by molar-refractivity contribution is 9.10. The van der Waals surface area contributed by atoms with Crippen LogP contribution in [0.4, 0.5) is 4.39 Å². The van der Waals surface area contributed by atoms with Crippen LogP contribution in [0.25, 0.3) is 38.2 Å². The van der Waals surface area contributed by atoms with Gasteiger partial charge in [0.1, 0.15) is 12.1 Å². The molecule has 0 spiro atoms. The predicted octanol–water partition coefficient (Wildman–Crippen LogP) is 9.10. The van der Waals surface area contributed by atoms with Crippen molar-refractivity contribution in [3.05, 3.63) is 92.0 Å². The molecule has 4 fully saturated rings. The van der Waals surface area contributed by atoms with Crippen LogP contribution in [0.5, 0.6) is 0 Å². The standard InChI is InChI=1S/C54H65BrFN9O5S/c1-32-46(71-31-58-32)35-18-16-33(17-19-35)39(59-48(67)43-27-37(66)30-63(43)50(69)47(53(2,3)4)60-51(70)54(56)22-23-54)14-6-5-9-24-62-25-20-34(21-26-62)40-28-42-44(29-57-40)65-41-15-10-13-38(55)45(41)49(68)61-52(65)64(42)36-11-7-8-12-36/h10,13,15-19,28-29,31,34,36-37,39,43,47,66H,5-9,11-12,14,20-27,30H2,1-4H3,(H,59,67)(H,60,70)/t37-,39+,43+,47?/m1/s1. The monoisotopic (exact) mass is 1050 g/mol. The average molecular weight is 1050 g/mol. The zero-order valence-corrected chi connectivity index (χ0v) is 43.5. The van der Waals surface area contributed by atoms with E-state index < -0.39 is 41.1 Å². The summed E-state index contributed by atoms with van der Waals surface area (Å²) in [5, 5.41) is 17.4. The van der Waals surface area contributed by atoms with Crippen molar-refractivity contribution in [3.8, 4) is 10.4 Å². The number of piperidine rings is 1. The van der Waals surface area contributed by atoms with Gasteiger partial charge in [-0.3, -0.25) is 28.6 Å². The van der Waals surface area contributed by atoms with E-state index in [9.17, 15) is 28.7 Å². The molecule has 0 radical (unpaired) electrons. The molecule has 4 aliphatic rings. The number of unbranched alkanes of at least 4 members (excludes halogenated alkanes) is 2. The van der Waals surface area contributed by atoms with Crippen molar-refractivity contribution in [1.82, 2.24) is 44.4 Å². The number of fused-ring (bicyclic) bond motifs is 5. The van der Waals surface area contributed by atoms with Gasteiger partial charge >= 0.3 is 0 Å². The summed E-state index contributed by atoms with van der Waals surface area (Å²) in [6.07, 6.45) is 11.4. The fraction of sp³-hybridized carbons (Fsp3) is 0.537. The van der Waals surface area contributed by atoms with Crippen molar-refractivity contribution < 1.29 is 23.9 Å². The Kier molecular flexibility index (Phi) is 14.0. The van der Waals surface area contributed by atoms with Crippen molar-refractivity contribution in [1.29, 1.82) is 0 Å². The smallest absolute Gasteiger partial charge is 0.283 e. The number of aliphatic hydroxyl groups is 1. The van der Waals surface area contributed by atoms with Gasteiger partial charge < -0.3 is 30.1 Å². The number of alkyl halides is 1. The third-order valence-electron chi connectivity index (χ3n) is 15.6. The highest BCUT2D eigenvalue weighted by atomic mass is 79.9. The number of aryl methyl sites for hydroxylation is 1. The van der Waals surface area contributed by atoms with E-state index in [-0.39, 0.29) is 49.4 Å². The van der Waals surface area contributed by atoms with Gasteiger partial charge in [-0.05, 0) is 129 Å². The number of carbonyl (C=O) groups is 3. The van der Waals surface area contributed by atoms with Gasteiger partial charge in [-0.15, -0.1) is 11.3 Å². The largest absolute Gasteiger partial charge is 0.391 e. The molecule has 14 nitrogen and oxygen atoms in total. The Morgan fingerprint density at radius 2 is 1.70 bits per heavy atom. The average Bonchev–Trinajstić information content (AvgIpc) is 3.80. The minimum absolute atomic E-state index is 0.0558. The summed E-state index contributed by atoms with van der Waals surface area (Å²) in [6.45, 7) is 10.3. The van der Waals surface area contributed by atoms with E-state index in [4.69, 9.17) is 9.97 Å². The van der Waals surface area contributed by atoms with E-state index in [1.54, 1.807) is 32.1 Å². The molecule has 1 unspecified atom stereocenters. The van der Waals surface area contributed by atoms with Gasteiger partial charge in [0.25, 0.3) is 11.5 Å². The molecule has 17 heteroatoms. The van der Waals surface area contributed by atoms with Gasteiger partial charge in [-0.1, -0.05) is 76.8 Å². The van der Waals surface area contributed by atoms with Crippen molar-refractivity contribution >= 4 is 72.7 Å². The molecule has 4 aromatic heterocycles. The van der Waals surface area contributed by atoms with Crippen LogP contribution in [-0.2, 0) is 14.4 Å². The van der Waals surface area contributed by atoms with E-state index >= 15 is 0 Å². The first-order chi connectivity index (χ1) is 34.1. The Morgan fingerprint density at radius 1 is 0.958 bits per heavy atom. The summed E-state index contributed by atoms with van der Waals surface area (Å²) in [4.78, 5) is 74.0. The number of amides is 3. The van der Waals surface area contributed by atoms with Crippen molar-refractivity contribution in [3.63, 3.8) is 0 Å². The molecule has 3 N–H and O–H groups in total. The summed E-state index contributed by atoms with van der Waals surface area (Å²) >= 11 is 5.19. The van der Waals surface area contributed by atoms with Gasteiger partial charge in [0, 0.05) is 35.1 Å². The molecule has 2 aromatic carbocycles. The summed E-state index contributed by atoms with van der Waals surface area (Å²) < 4.78 is 20.0. The van der Waals surface area contributed by atoms with E-state index in [2.05, 4.69) is 63.6 Å². The van der Waals surface area contributed by atoms with Crippen molar-refractivity contribution in [2.24, 2.45) is 5.41 Å². The second-order valence-corrected chi connectivity index (χ2v) is 23.4. The maximum Gasteiger partial charge on any atom is 0.283 e. The Bertz CT molecular complexity index is 3020. The molecule has 376 valence electrons. The molecule has 0 bridgehead atoms. The van der Waals surface area contributed by atoms with Crippen LogP contribution in [-0.4, -0.2) is 107 Å². The van der Waals surface area contributed by atoms with Crippen molar-refractivity contribution in [2.75, 3.05) is 26.2 Å². The van der Waals surface area contributed by atoms with Crippen LogP contribution in [0.3, 0.4) is 0 Å². The number of thiazole rings is 1. The second kappa shape index (κ2) is 20.1. The summed E-state index contributed by atoms with van der Waals surface area (Å²) in [6, 6.07) is 14.2. The fourth-order valence-corrected chi connectivity index (χ4v) is 12.7. The molecule has 10 rings (SSSR count). The number of nitrogens with zero attached hydrogens (tertiary/aromatic N) is 7. The Balaban J connectivity index is 0.788. The maximum atomic E-state index is 14.8. The fourth-order valence-electron chi connectivity index (χ4n) is 11.4. The van der Waals surface area contributed by atoms with Crippen LogP contribution in [0.2, 0.25) is 0 Å². The third kappa shape index (κ3) is 10.0. The minimum Gasteiger partial charge on any atom is -0.391 e. The highest BCUT2D eigenvalue weighted by Crippen LogP contribution is 2.41. The molecule has 2 aliphatic heterocycles. The molecule has 2 aliphatic carbocycles. The number of likely N-dealkylation sites (tertiary alicyclic amines) is 2. The van der Waals surface area contributed by atoms with E-state index in [1.165, 1.54) is 4.90 Å². The predicted molar refractivity (Wildman–Crippen MR) is 278 cm³/mol. The molecule has 71 heavy (non-hydrogen) atoms. The quantitative estimate of drug-likeness (QED) is 0.0851. The number of nitrogens with one attached hydrogen (secondary N) is 2. The SMILES string of the molecule is Cc1ncsc1-c1ccc([C@H](CCCCCN2CCC(c3cc4c(cn3)n3c5cccc(Br)c5c(=O)nc3n4C3CCCC3)CC2)NC(=O)[C@@H]2C[C@@H](O)CN2C(=O)C(NC(=O)C2(F)CC2)C(C)(C)C)cc1. The number of rotatable bonds is 15. The molecular formula is C54H65BrFN9O5S. The van der Waals surface area contributed by atoms with Crippen LogP contribution in [0.15, 0.2) is 69.5 Å². The Morgan fingerprint density at radius 3 is 2.39 bits per heavy atom. The zero-order valence-electron chi connectivity index (χ0n) is 41.1. The van der Waals surface area contributed by atoms with Crippen LogP contribution < -0.4 is 16.2 Å². The van der Waals surface area contributed by atoms with Gasteiger partial charge in [-0.25, -0.2) is 9.37 Å². The second-order valence-electron chi connectivity index (χ2n) is 21.6. The number of imidazole rings is 1. The first-order valence-electron chi connectivity index (χ1n) is 25.6. The number of aromatic nitrogens is 5. The number of carbonyl (C=O) groups excluding carboxylic acids is 3. The zero-order chi connectivity index (χ0) is 49.8. The summed E-state index contributed by atoms with van der Waals surface area (Å²) in [5.74, 6) is -0.653. The van der Waals surface area contributed by atoms with Gasteiger partial charge in [0.15, 0.2) is 5.67 Å². The molecule has 3 amide bonds.